The Kier molecular flexibility index (Phi) is 27.5. The van der Waals surface area contributed by atoms with E-state index in [4.69, 9.17) is 14.2 Å². The van der Waals surface area contributed by atoms with E-state index in [2.05, 4.69) is 256 Å². The van der Waals surface area contributed by atoms with Crippen LogP contribution < -0.4 is 4.90 Å². The number of benzene rings is 1. The number of ether oxygens (including phenoxy) is 3. The highest BCUT2D eigenvalue weighted by Gasteiger charge is 2.42. The molecule has 486 valence electrons. The third kappa shape index (κ3) is 25.2. The van der Waals surface area contributed by atoms with Crippen LogP contribution in [0.25, 0.3) is 0 Å². The van der Waals surface area contributed by atoms with E-state index >= 15 is 0 Å². The fraction of sp³-hybridized carbons (Fsp3) is 0.915. The fourth-order valence-corrected chi connectivity index (χ4v) is 13.7. The van der Waals surface area contributed by atoms with Crippen LogP contribution in [-0.4, -0.2) is 240 Å². The van der Waals surface area contributed by atoms with Crippen LogP contribution in [0.15, 0.2) is 24.3 Å². The van der Waals surface area contributed by atoms with Crippen molar-refractivity contribution in [2.75, 3.05) is 144 Å². The van der Waals surface area contributed by atoms with Gasteiger partial charge in [0.2, 0.25) is 0 Å². The molecule has 83 heavy (non-hydrogen) atoms. The Hall–Kier alpha value is -1.42. The Morgan fingerprint density at radius 1 is 0.434 bits per heavy atom. The van der Waals surface area contributed by atoms with Crippen LogP contribution in [-0.2, 0) is 20.6 Å². The van der Waals surface area contributed by atoms with Gasteiger partial charge in [0.05, 0.1) is 37.6 Å². The molecule has 4 unspecified atom stereocenters. The fourth-order valence-electron chi connectivity index (χ4n) is 13.7. The van der Waals surface area contributed by atoms with Crippen molar-refractivity contribution in [2.45, 2.75) is 268 Å². The highest BCUT2D eigenvalue weighted by molar-refractivity contribution is 5.59. The van der Waals surface area contributed by atoms with Crippen LogP contribution in [0, 0.1) is 17.8 Å². The van der Waals surface area contributed by atoms with Crippen molar-refractivity contribution in [2.24, 2.45) is 17.8 Å². The van der Waals surface area contributed by atoms with E-state index in [1.165, 1.54) is 109 Å². The van der Waals surface area contributed by atoms with Gasteiger partial charge >= 0.3 is 0 Å². The molecule has 4 atom stereocenters. The second kappa shape index (κ2) is 30.9. The number of piperidine rings is 2. The molecule has 0 radical (unpaired) electrons. The molecule has 12 heteroatoms. The molecule has 1 aliphatic carbocycles. The maximum atomic E-state index is 5.67. The average Bonchev–Trinajstić information content (AvgIpc) is 4.27. The number of anilines is 1. The number of likely N-dealkylation sites (tertiary alicyclic amines) is 2. The molecule has 0 aromatic heterocycles. The monoisotopic (exact) mass is 1170 g/mol. The molecular weight excluding hydrogens is 1030 g/mol. The summed E-state index contributed by atoms with van der Waals surface area (Å²) in [6, 6.07) is 9.64. The largest absolute Gasteiger partial charge is 0.379 e. The van der Waals surface area contributed by atoms with Gasteiger partial charge in [0, 0.05) is 155 Å². The normalized spacial score (nSPS) is 28.3. The van der Waals surface area contributed by atoms with Crippen LogP contribution in [0.1, 0.15) is 204 Å². The summed E-state index contributed by atoms with van der Waals surface area (Å²) in [5, 5.41) is 0. The third-order valence-corrected chi connectivity index (χ3v) is 19.0. The van der Waals surface area contributed by atoms with E-state index < -0.39 is 0 Å². The predicted octanol–water partition coefficient (Wildman–Crippen LogP) is 12.7. The zero-order valence-corrected chi connectivity index (χ0v) is 60.0. The number of likely N-dealkylation sites (N-methyl/N-ethyl adjacent to an activating group) is 1. The Morgan fingerprint density at radius 3 is 1.27 bits per heavy atom. The van der Waals surface area contributed by atoms with Crippen molar-refractivity contribution >= 4 is 5.69 Å². The van der Waals surface area contributed by atoms with Crippen LogP contribution in [0.3, 0.4) is 0 Å². The van der Waals surface area contributed by atoms with Gasteiger partial charge in [0.25, 0.3) is 0 Å². The molecule has 9 fully saturated rings. The number of morpholine rings is 3. The first-order chi connectivity index (χ1) is 37.9. The smallest absolute Gasteiger partial charge is 0.0753 e. The predicted molar refractivity (Wildman–Crippen MR) is 359 cm³/mol. The van der Waals surface area contributed by atoms with Gasteiger partial charge in [-0.05, 0) is 249 Å². The zero-order chi connectivity index (χ0) is 62.7. The molecule has 1 aromatic carbocycles. The number of fused-ring (bicyclic) bond motifs is 5. The van der Waals surface area contributed by atoms with Gasteiger partial charge < -0.3 is 28.9 Å². The van der Waals surface area contributed by atoms with Crippen molar-refractivity contribution in [1.82, 2.24) is 39.2 Å². The summed E-state index contributed by atoms with van der Waals surface area (Å²) in [6.07, 6.45) is 7.88. The molecule has 12 nitrogen and oxygen atoms in total. The van der Waals surface area contributed by atoms with E-state index in [0.717, 1.165) is 82.9 Å². The minimum Gasteiger partial charge on any atom is -0.379 e. The van der Waals surface area contributed by atoms with Gasteiger partial charge in [-0.15, -0.1) is 0 Å². The summed E-state index contributed by atoms with van der Waals surface area (Å²) in [5.74, 6) is 2.92. The number of piperazine rings is 1. The third-order valence-electron chi connectivity index (χ3n) is 19.0. The Morgan fingerprint density at radius 2 is 0.880 bits per heavy atom. The molecule has 0 spiro atoms. The van der Waals surface area contributed by atoms with E-state index in [1.54, 1.807) is 0 Å². The van der Waals surface area contributed by atoms with Gasteiger partial charge in [-0.25, -0.2) is 0 Å². The summed E-state index contributed by atoms with van der Waals surface area (Å²) >= 11 is 0. The average molecular weight is 1170 g/mol. The summed E-state index contributed by atoms with van der Waals surface area (Å²) in [6.45, 7) is 78.4. The summed E-state index contributed by atoms with van der Waals surface area (Å²) in [5.41, 5.74) is 5.25. The van der Waals surface area contributed by atoms with Crippen LogP contribution in [0.4, 0.5) is 5.69 Å². The zero-order valence-electron chi connectivity index (χ0n) is 60.0. The van der Waals surface area contributed by atoms with E-state index in [1.807, 2.05) is 0 Å². The van der Waals surface area contributed by atoms with E-state index in [9.17, 15) is 0 Å². The molecule has 1 saturated carbocycles. The first kappa shape index (κ1) is 74.0. The topological polar surface area (TPSA) is 56.9 Å². The molecule has 9 aliphatic heterocycles. The van der Waals surface area contributed by atoms with Crippen molar-refractivity contribution in [1.29, 1.82) is 0 Å². The maximum absolute atomic E-state index is 5.67. The lowest BCUT2D eigenvalue weighted by Crippen LogP contribution is -2.56. The minimum absolute atomic E-state index is 0.0333. The summed E-state index contributed by atoms with van der Waals surface area (Å²) in [7, 11) is 4.44. The standard InChI is InChI=1S/C12H17N.C11H22N2.C11H21N.2C10H21NO.C9H20N2.C8H17NO/c1-12(2,3)13-9-8-10-6-4-5-7-11(10)13;1-11(2,3)13-7-9-5-12(4)6-10(9)8-13;1-11(2,3)12-8-9-4-6-10(12)7-5-9;1-8-6-11(10(3,4)5)7-9(2)12-8;1-9(2,3)11-6-7-12-10(4,5)8-11;1-9(2,3)11-7-5-10(4)6-8-11;1-8(2,3)9-4-6-10-7-5-9/h4-7H,8-9H2,1-3H3;9-10H,5-8H2,1-4H3;9-10H,4-8H2,1-3H3;8-9H,6-7H2,1-5H3;6-8H2,1-5H3;5-8H2,1-4H3;4-7H2,1-3H3. The number of hydrogen-bond acceptors (Lipinski definition) is 12. The maximum Gasteiger partial charge on any atom is 0.0753 e. The molecule has 11 rings (SSSR count). The Balaban J connectivity index is 0.000000208. The number of nitrogens with zero attached hydrogens (tertiary/aromatic N) is 9. The van der Waals surface area contributed by atoms with Crippen LogP contribution in [0.2, 0.25) is 0 Å². The molecule has 0 amide bonds. The first-order valence-corrected chi connectivity index (χ1v) is 33.6. The van der Waals surface area contributed by atoms with Gasteiger partial charge in [0.15, 0.2) is 0 Å². The van der Waals surface area contributed by atoms with Gasteiger partial charge in [-0.1, -0.05) is 18.2 Å². The van der Waals surface area contributed by atoms with Gasteiger partial charge in [-0.3, -0.25) is 29.4 Å². The van der Waals surface area contributed by atoms with Crippen molar-refractivity contribution in [3.05, 3.63) is 29.8 Å². The van der Waals surface area contributed by atoms with Crippen LogP contribution in [0.5, 0.6) is 0 Å². The first-order valence-electron chi connectivity index (χ1n) is 33.6. The lowest BCUT2D eigenvalue weighted by Gasteiger charge is -2.51. The number of rotatable bonds is 0. The van der Waals surface area contributed by atoms with E-state index in [0.29, 0.717) is 34.4 Å². The Labute approximate surface area is 515 Å². The highest BCUT2D eigenvalue weighted by atomic mass is 16.5. The van der Waals surface area contributed by atoms with Crippen molar-refractivity contribution in [3.63, 3.8) is 0 Å². The summed E-state index contributed by atoms with van der Waals surface area (Å²) < 4.78 is 16.6. The second-order valence-electron chi connectivity index (χ2n) is 34.3. The van der Waals surface area contributed by atoms with Crippen molar-refractivity contribution < 1.29 is 14.2 Å². The van der Waals surface area contributed by atoms with Crippen LogP contribution >= 0.6 is 0 Å². The second-order valence-corrected chi connectivity index (χ2v) is 34.3. The lowest BCUT2D eigenvalue weighted by atomic mass is 9.78. The van der Waals surface area contributed by atoms with Gasteiger partial charge in [0.1, 0.15) is 0 Å². The van der Waals surface area contributed by atoms with Gasteiger partial charge in [-0.2, -0.15) is 0 Å². The molecule has 10 aliphatic rings. The Bertz CT molecular complexity index is 1940. The SMILES string of the molecule is CC(C)(C)N1CC2CCC1CC2.CC(C)(C)N1CCOCC1.CC(C)(C)N1CCc2ccccc21.CC1(C)CN(C(C)(C)C)CCO1.CC1CN(C(C)(C)C)CC(C)O1.CN1CC2CN(C(C)(C)C)CC2C1.CN1CCN(C(C)(C)C)CC1. The highest BCUT2D eigenvalue weighted by Crippen LogP contribution is 2.39. The van der Waals surface area contributed by atoms with Crippen molar-refractivity contribution in [3.8, 4) is 0 Å². The molecule has 2 bridgehead atoms. The van der Waals surface area contributed by atoms with E-state index in [-0.39, 0.29) is 22.2 Å². The lowest BCUT2D eigenvalue weighted by molar-refractivity contribution is -0.108. The summed E-state index contributed by atoms with van der Waals surface area (Å²) in [4.78, 5) is 22.7. The molecular formula is C71H139N9O3. The minimum atomic E-state index is 0.0333. The molecule has 1 aromatic rings. The molecule has 8 saturated heterocycles. The number of para-hydroxylation sites is 1. The molecule has 0 N–H and O–H groups in total. The molecule has 9 heterocycles. The quantitative estimate of drug-likeness (QED) is 0.249. The number of hydrogen-bond donors (Lipinski definition) is 0.